The zero-order chi connectivity index (χ0) is 13.9. The van der Waals surface area contributed by atoms with E-state index in [0.29, 0.717) is 19.6 Å². The van der Waals surface area contributed by atoms with Crippen molar-refractivity contribution in [1.82, 2.24) is 15.5 Å². The van der Waals surface area contributed by atoms with E-state index >= 15 is 0 Å². The standard InChI is InChI=1S/C13H25N3O3/c1-12(2,16-6-4-14-5-7-16)11(17)15-9-13(18)3-8-19-10-13/h14,18H,3-10H2,1-2H3,(H,15,17). The van der Waals surface area contributed by atoms with Gasteiger partial charge in [0.05, 0.1) is 12.1 Å². The van der Waals surface area contributed by atoms with E-state index in [4.69, 9.17) is 4.74 Å². The van der Waals surface area contributed by atoms with Gasteiger partial charge in [0, 0.05) is 45.8 Å². The van der Waals surface area contributed by atoms with E-state index in [1.165, 1.54) is 0 Å². The second kappa shape index (κ2) is 5.75. The van der Waals surface area contributed by atoms with Crippen LogP contribution in [0.3, 0.4) is 0 Å². The van der Waals surface area contributed by atoms with Gasteiger partial charge in [-0.2, -0.15) is 0 Å². The molecule has 2 aliphatic rings. The average molecular weight is 271 g/mol. The lowest BCUT2D eigenvalue weighted by Gasteiger charge is -2.40. The first kappa shape index (κ1) is 14.7. The molecule has 0 saturated carbocycles. The molecule has 6 nitrogen and oxygen atoms in total. The molecule has 0 bridgehead atoms. The normalized spacial score (nSPS) is 29.4. The van der Waals surface area contributed by atoms with Crippen molar-refractivity contribution >= 4 is 5.91 Å². The molecule has 6 heteroatoms. The number of piperazine rings is 1. The quantitative estimate of drug-likeness (QED) is 0.608. The third-order valence-electron chi connectivity index (χ3n) is 4.12. The lowest BCUT2D eigenvalue weighted by molar-refractivity contribution is -0.133. The molecule has 2 rings (SSSR count). The number of aliphatic hydroxyl groups is 1. The first-order valence-electron chi connectivity index (χ1n) is 6.98. The number of ether oxygens (including phenoxy) is 1. The third kappa shape index (κ3) is 3.45. The Morgan fingerprint density at radius 1 is 1.47 bits per heavy atom. The van der Waals surface area contributed by atoms with E-state index < -0.39 is 11.1 Å². The molecule has 2 saturated heterocycles. The smallest absolute Gasteiger partial charge is 0.240 e. The number of rotatable bonds is 4. The first-order chi connectivity index (χ1) is 8.94. The highest BCUT2D eigenvalue weighted by Gasteiger charge is 2.38. The van der Waals surface area contributed by atoms with Gasteiger partial charge >= 0.3 is 0 Å². The number of amides is 1. The number of carbonyl (C=O) groups excluding carboxylic acids is 1. The number of carbonyl (C=O) groups is 1. The summed E-state index contributed by atoms with van der Waals surface area (Å²) in [7, 11) is 0. The van der Waals surface area contributed by atoms with Gasteiger partial charge in [-0.15, -0.1) is 0 Å². The van der Waals surface area contributed by atoms with Crippen molar-refractivity contribution in [3.8, 4) is 0 Å². The molecule has 0 aromatic rings. The van der Waals surface area contributed by atoms with Crippen molar-refractivity contribution in [2.45, 2.75) is 31.4 Å². The van der Waals surface area contributed by atoms with Gasteiger partial charge in [0.2, 0.25) is 5.91 Å². The molecular weight excluding hydrogens is 246 g/mol. The lowest BCUT2D eigenvalue weighted by Crippen LogP contribution is -2.61. The maximum Gasteiger partial charge on any atom is 0.240 e. The largest absolute Gasteiger partial charge is 0.386 e. The molecule has 0 spiro atoms. The summed E-state index contributed by atoms with van der Waals surface area (Å²) in [6, 6.07) is 0. The lowest BCUT2D eigenvalue weighted by atomic mass is 9.98. The van der Waals surface area contributed by atoms with E-state index in [2.05, 4.69) is 15.5 Å². The Labute approximate surface area is 114 Å². The minimum absolute atomic E-state index is 0.0327. The molecule has 1 atom stereocenters. The molecule has 2 aliphatic heterocycles. The van der Waals surface area contributed by atoms with Crippen LogP contribution in [0.25, 0.3) is 0 Å². The average Bonchev–Trinajstić information content (AvgIpc) is 2.84. The Morgan fingerprint density at radius 2 is 2.16 bits per heavy atom. The van der Waals surface area contributed by atoms with Crippen LogP contribution in [0.15, 0.2) is 0 Å². The van der Waals surface area contributed by atoms with Gasteiger partial charge in [-0.1, -0.05) is 0 Å². The maximum atomic E-state index is 12.3. The fourth-order valence-electron chi connectivity index (χ4n) is 2.56. The molecule has 110 valence electrons. The van der Waals surface area contributed by atoms with Gasteiger partial charge in [-0.05, 0) is 13.8 Å². The fraction of sp³-hybridized carbons (Fsp3) is 0.923. The maximum absolute atomic E-state index is 12.3. The summed E-state index contributed by atoms with van der Waals surface area (Å²) in [4.78, 5) is 14.5. The molecule has 0 aromatic heterocycles. The zero-order valence-corrected chi connectivity index (χ0v) is 11.9. The van der Waals surface area contributed by atoms with Crippen LogP contribution in [-0.2, 0) is 9.53 Å². The SMILES string of the molecule is CC(C)(C(=O)NCC1(O)CCOC1)N1CCNCC1. The minimum Gasteiger partial charge on any atom is -0.386 e. The van der Waals surface area contributed by atoms with Crippen molar-refractivity contribution in [3.05, 3.63) is 0 Å². The van der Waals surface area contributed by atoms with Crippen LogP contribution in [0, 0.1) is 0 Å². The Balaban J connectivity index is 1.86. The van der Waals surface area contributed by atoms with Crippen molar-refractivity contribution in [1.29, 1.82) is 0 Å². The number of hydrogen-bond donors (Lipinski definition) is 3. The molecule has 2 heterocycles. The van der Waals surface area contributed by atoms with Crippen LogP contribution in [-0.4, -0.2) is 73.0 Å². The topological polar surface area (TPSA) is 73.8 Å². The van der Waals surface area contributed by atoms with Crippen molar-refractivity contribution in [3.63, 3.8) is 0 Å². The summed E-state index contributed by atoms with van der Waals surface area (Å²) in [6.07, 6.45) is 0.585. The van der Waals surface area contributed by atoms with Gasteiger partial charge in [0.15, 0.2) is 0 Å². The molecule has 3 N–H and O–H groups in total. The Hall–Kier alpha value is -0.690. The predicted molar refractivity (Wildman–Crippen MR) is 71.9 cm³/mol. The van der Waals surface area contributed by atoms with Gasteiger partial charge in [-0.3, -0.25) is 9.69 Å². The van der Waals surface area contributed by atoms with Crippen LogP contribution in [0.1, 0.15) is 20.3 Å². The molecule has 0 radical (unpaired) electrons. The van der Waals surface area contributed by atoms with E-state index in [1.807, 2.05) is 13.8 Å². The summed E-state index contributed by atoms with van der Waals surface area (Å²) in [5.41, 5.74) is -1.44. The minimum atomic E-state index is -0.894. The fourth-order valence-corrected chi connectivity index (χ4v) is 2.56. The number of hydrogen-bond acceptors (Lipinski definition) is 5. The third-order valence-corrected chi connectivity index (χ3v) is 4.12. The van der Waals surface area contributed by atoms with E-state index in [-0.39, 0.29) is 12.5 Å². The first-order valence-corrected chi connectivity index (χ1v) is 6.98. The zero-order valence-electron chi connectivity index (χ0n) is 11.9. The highest BCUT2D eigenvalue weighted by Crippen LogP contribution is 2.19. The molecule has 0 aromatic carbocycles. The summed E-state index contributed by atoms with van der Waals surface area (Å²) in [5, 5.41) is 16.3. The number of nitrogens with zero attached hydrogens (tertiary/aromatic N) is 1. The predicted octanol–water partition coefficient (Wildman–Crippen LogP) is -1.06. The Kier molecular flexibility index (Phi) is 4.45. The van der Waals surface area contributed by atoms with E-state index in [1.54, 1.807) is 0 Å². The summed E-state index contributed by atoms with van der Waals surface area (Å²) in [5.74, 6) is -0.0327. The van der Waals surface area contributed by atoms with Crippen molar-refractivity contribution in [2.75, 3.05) is 45.9 Å². The molecule has 19 heavy (non-hydrogen) atoms. The van der Waals surface area contributed by atoms with Crippen LogP contribution in [0.2, 0.25) is 0 Å². The van der Waals surface area contributed by atoms with Crippen LogP contribution in [0.5, 0.6) is 0 Å². The van der Waals surface area contributed by atoms with Crippen molar-refractivity contribution in [2.24, 2.45) is 0 Å². The second-order valence-corrected chi connectivity index (χ2v) is 6.01. The molecule has 0 aliphatic carbocycles. The Bertz CT molecular complexity index is 321. The van der Waals surface area contributed by atoms with Crippen molar-refractivity contribution < 1.29 is 14.6 Å². The van der Waals surface area contributed by atoms with E-state index in [0.717, 1.165) is 26.2 Å². The molecule has 1 amide bonds. The van der Waals surface area contributed by atoms with Gasteiger partial charge in [0.1, 0.15) is 5.60 Å². The summed E-state index contributed by atoms with van der Waals surface area (Å²) >= 11 is 0. The highest BCUT2D eigenvalue weighted by atomic mass is 16.5. The second-order valence-electron chi connectivity index (χ2n) is 6.01. The van der Waals surface area contributed by atoms with Gasteiger partial charge in [-0.25, -0.2) is 0 Å². The summed E-state index contributed by atoms with van der Waals surface area (Å²) < 4.78 is 5.17. The van der Waals surface area contributed by atoms with Crippen LogP contribution in [0.4, 0.5) is 0 Å². The summed E-state index contributed by atoms with van der Waals surface area (Å²) in [6.45, 7) is 8.56. The van der Waals surface area contributed by atoms with Crippen LogP contribution >= 0.6 is 0 Å². The molecule has 2 fully saturated rings. The van der Waals surface area contributed by atoms with E-state index in [9.17, 15) is 9.90 Å². The molecule has 1 unspecified atom stereocenters. The van der Waals surface area contributed by atoms with Gasteiger partial charge < -0.3 is 20.5 Å². The van der Waals surface area contributed by atoms with Crippen LogP contribution < -0.4 is 10.6 Å². The Morgan fingerprint density at radius 3 is 2.74 bits per heavy atom. The highest BCUT2D eigenvalue weighted by molar-refractivity contribution is 5.85. The number of nitrogens with one attached hydrogen (secondary N) is 2. The molecular formula is C13H25N3O3. The van der Waals surface area contributed by atoms with Gasteiger partial charge in [0.25, 0.3) is 0 Å². The monoisotopic (exact) mass is 271 g/mol.